The zero-order valence-corrected chi connectivity index (χ0v) is 15.3. The van der Waals surface area contributed by atoms with E-state index in [0.717, 1.165) is 0 Å². The molecular weight excluding hydrogens is 306 g/mol. The van der Waals surface area contributed by atoms with Gasteiger partial charge in [-0.2, -0.15) is 0 Å². The highest BCUT2D eigenvalue weighted by Crippen LogP contribution is 2.45. The van der Waals surface area contributed by atoms with Crippen LogP contribution in [0.2, 0.25) is 0 Å². The molecule has 2 heterocycles. The molecule has 126 valence electrons. The van der Waals surface area contributed by atoms with Crippen molar-refractivity contribution in [2.75, 3.05) is 16.8 Å². The van der Waals surface area contributed by atoms with Crippen LogP contribution in [0, 0.1) is 6.92 Å². The Morgan fingerprint density at radius 2 is 1.52 bits per heavy atom. The largest absolute Gasteiger partial charge is 0.353 e. The summed E-state index contributed by atoms with van der Waals surface area (Å²) in [6.07, 6.45) is 2.39. The van der Waals surface area contributed by atoms with E-state index >= 15 is 0 Å². The molecular formula is C22H24N3+. The van der Waals surface area contributed by atoms with E-state index in [1.807, 2.05) is 0 Å². The summed E-state index contributed by atoms with van der Waals surface area (Å²) in [5.74, 6) is 0. The molecule has 1 aliphatic heterocycles. The normalized spacial score (nSPS) is 16.2. The number of aromatic nitrogens is 1. The monoisotopic (exact) mass is 330 g/mol. The molecule has 0 radical (unpaired) electrons. The van der Waals surface area contributed by atoms with Gasteiger partial charge in [-0.1, -0.05) is 18.2 Å². The van der Waals surface area contributed by atoms with E-state index in [-0.39, 0.29) is 6.17 Å². The first-order chi connectivity index (χ1) is 12.1. The molecule has 3 aromatic rings. The molecule has 0 saturated carbocycles. The fourth-order valence-corrected chi connectivity index (χ4v) is 3.84. The number of hydrogen-bond donors (Lipinski definition) is 0. The summed E-state index contributed by atoms with van der Waals surface area (Å²) in [6, 6.07) is 21.6. The van der Waals surface area contributed by atoms with Crippen LogP contribution in [0.3, 0.4) is 0 Å². The molecule has 25 heavy (non-hydrogen) atoms. The van der Waals surface area contributed by atoms with Gasteiger partial charge in [0.15, 0.2) is 6.20 Å². The van der Waals surface area contributed by atoms with Crippen molar-refractivity contribution in [2.24, 2.45) is 7.05 Å². The second kappa shape index (κ2) is 5.92. The van der Waals surface area contributed by atoms with Crippen molar-refractivity contribution in [2.45, 2.75) is 20.0 Å². The topological polar surface area (TPSA) is 10.4 Å². The highest BCUT2D eigenvalue weighted by molar-refractivity contribution is 5.86. The van der Waals surface area contributed by atoms with Crippen LogP contribution in [0.1, 0.15) is 12.5 Å². The Balaban J connectivity index is 1.88. The van der Waals surface area contributed by atoms with Gasteiger partial charge in [0, 0.05) is 24.9 Å². The summed E-state index contributed by atoms with van der Waals surface area (Å²) in [5.41, 5.74) is 7.64. The Morgan fingerprint density at radius 3 is 2.28 bits per heavy atom. The zero-order chi connectivity index (χ0) is 17.6. The van der Waals surface area contributed by atoms with Gasteiger partial charge in [-0.15, -0.1) is 0 Å². The summed E-state index contributed by atoms with van der Waals surface area (Å²) >= 11 is 0. The summed E-state index contributed by atoms with van der Waals surface area (Å²) < 4.78 is 2.18. The van der Waals surface area contributed by atoms with Gasteiger partial charge in [0.1, 0.15) is 13.2 Å². The number of pyridine rings is 1. The second-order valence-corrected chi connectivity index (χ2v) is 6.75. The first kappa shape index (κ1) is 15.7. The summed E-state index contributed by atoms with van der Waals surface area (Å²) in [6.45, 7) is 4.49. The van der Waals surface area contributed by atoms with E-state index in [9.17, 15) is 0 Å². The van der Waals surface area contributed by atoms with E-state index in [4.69, 9.17) is 0 Å². The van der Waals surface area contributed by atoms with Crippen LogP contribution in [0.5, 0.6) is 0 Å². The van der Waals surface area contributed by atoms with Gasteiger partial charge < -0.3 is 9.80 Å². The van der Waals surface area contributed by atoms with Crippen LogP contribution >= 0.6 is 0 Å². The van der Waals surface area contributed by atoms with Crippen molar-refractivity contribution in [1.82, 2.24) is 0 Å². The van der Waals surface area contributed by atoms with Crippen molar-refractivity contribution in [3.8, 4) is 11.3 Å². The fourth-order valence-electron chi connectivity index (χ4n) is 3.84. The Kier molecular flexibility index (Phi) is 3.72. The van der Waals surface area contributed by atoms with Crippen molar-refractivity contribution in [3.05, 3.63) is 72.4 Å². The van der Waals surface area contributed by atoms with Gasteiger partial charge in [-0.25, -0.2) is 4.57 Å². The maximum Gasteiger partial charge on any atom is 0.212 e. The van der Waals surface area contributed by atoms with Crippen molar-refractivity contribution >= 4 is 17.1 Å². The number of nitrogens with zero attached hydrogens (tertiary/aromatic N) is 3. The van der Waals surface area contributed by atoms with Gasteiger partial charge in [0.05, 0.1) is 16.9 Å². The minimum Gasteiger partial charge on any atom is -0.353 e. The molecule has 4 rings (SSSR count). The number of anilines is 3. The van der Waals surface area contributed by atoms with Crippen LogP contribution in [0.15, 0.2) is 66.9 Å². The molecule has 3 heteroatoms. The zero-order valence-electron chi connectivity index (χ0n) is 15.3. The van der Waals surface area contributed by atoms with E-state index in [1.54, 1.807) is 0 Å². The summed E-state index contributed by atoms with van der Waals surface area (Å²) in [4.78, 5) is 4.78. The Morgan fingerprint density at radius 1 is 0.840 bits per heavy atom. The third kappa shape index (κ3) is 2.39. The second-order valence-electron chi connectivity index (χ2n) is 6.75. The number of hydrogen-bond acceptors (Lipinski definition) is 2. The molecule has 0 bridgehead atoms. The smallest absolute Gasteiger partial charge is 0.212 e. The van der Waals surface area contributed by atoms with Crippen molar-refractivity contribution in [3.63, 3.8) is 0 Å². The van der Waals surface area contributed by atoms with Crippen LogP contribution < -0.4 is 14.4 Å². The minimum atomic E-state index is 0.288. The molecule has 0 aliphatic carbocycles. The van der Waals surface area contributed by atoms with Crippen molar-refractivity contribution < 1.29 is 4.57 Å². The number of fused-ring (bicyclic) bond motifs is 1. The minimum absolute atomic E-state index is 0.288. The van der Waals surface area contributed by atoms with Gasteiger partial charge in [0.25, 0.3) is 0 Å². The Labute approximate surface area is 149 Å². The average molecular weight is 330 g/mol. The SMILES string of the molecule is Cc1c(-c2cccc[n+]2C)cccc1N1c2ccccc2N(C)[C@@H]1C. The lowest BCUT2D eigenvalue weighted by Crippen LogP contribution is -2.36. The lowest BCUT2D eigenvalue weighted by Gasteiger charge is -2.29. The molecule has 0 unspecified atom stereocenters. The maximum absolute atomic E-state index is 2.44. The molecule has 3 nitrogen and oxygen atoms in total. The average Bonchev–Trinajstić information content (AvgIpc) is 2.88. The van der Waals surface area contributed by atoms with Gasteiger partial charge in [-0.05, 0) is 49.7 Å². The maximum atomic E-state index is 2.44. The third-order valence-electron chi connectivity index (χ3n) is 5.35. The van der Waals surface area contributed by atoms with E-state index < -0.39 is 0 Å². The van der Waals surface area contributed by atoms with Gasteiger partial charge in [0.2, 0.25) is 5.69 Å². The molecule has 0 amide bonds. The van der Waals surface area contributed by atoms with E-state index in [0.29, 0.717) is 0 Å². The molecule has 2 aromatic carbocycles. The standard InChI is InChI=1S/C22H24N3/c1-16-18(20-11-7-8-15-23(20)3)10-9-14-19(16)25-17(2)24(4)21-12-5-6-13-22(21)25/h5-15,17H,1-4H3/q+1/t17-/m0/s1. The molecule has 0 N–H and O–H groups in total. The molecule has 0 spiro atoms. The highest BCUT2D eigenvalue weighted by atomic mass is 15.4. The molecule has 0 saturated heterocycles. The molecule has 1 aromatic heterocycles. The van der Waals surface area contributed by atoms with Crippen molar-refractivity contribution in [1.29, 1.82) is 0 Å². The first-order valence-electron chi connectivity index (χ1n) is 8.75. The van der Waals surface area contributed by atoms with E-state index in [2.05, 4.69) is 109 Å². The fraction of sp³-hybridized carbons (Fsp3) is 0.227. The predicted molar refractivity (Wildman–Crippen MR) is 104 cm³/mol. The summed E-state index contributed by atoms with van der Waals surface area (Å²) in [5, 5.41) is 0. The van der Waals surface area contributed by atoms with E-state index in [1.165, 1.54) is 33.9 Å². The summed E-state index contributed by atoms with van der Waals surface area (Å²) in [7, 11) is 4.27. The number of rotatable bonds is 2. The van der Waals surface area contributed by atoms with Gasteiger partial charge >= 0.3 is 0 Å². The Bertz CT molecular complexity index is 932. The molecule has 1 aliphatic rings. The third-order valence-corrected chi connectivity index (χ3v) is 5.35. The molecule has 1 atom stereocenters. The molecule has 0 fully saturated rings. The van der Waals surface area contributed by atoms with Gasteiger partial charge in [-0.3, -0.25) is 0 Å². The number of aryl methyl sites for hydroxylation is 1. The first-order valence-corrected chi connectivity index (χ1v) is 8.75. The quantitative estimate of drug-likeness (QED) is 0.644. The number of para-hydroxylation sites is 2. The Hall–Kier alpha value is -2.81. The van der Waals surface area contributed by atoms with Crippen LogP contribution in [-0.4, -0.2) is 13.2 Å². The van der Waals surface area contributed by atoms with Crippen LogP contribution in [0.4, 0.5) is 17.1 Å². The van der Waals surface area contributed by atoms with Crippen LogP contribution in [0.25, 0.3) is 11.3 Å². The van der Waals surface area contributed by atoms with Crippen LogP contribution in [-0.2, 0) is 7.05 Å². The lowest BCUT2D eigenvalue weighted by atomic mass is 10.0. The number of benzene rings is 2. The highest BCUT2D eigenvalue weighted by Gasteiger charge is 2.32. The lowest BCUT2D eigenvalue weighted by molar-refractivity contribution is -0.660. The predicted octanol–water partition coefficient (Wildman–Crippen LogP) is 4.42.